The Hall–Kier alpha value is -2.93. The summed E-state index contributed by atoms with van der Waals surface area (Å²) in [6.45, 7) is 3.16. The van der Waals surface area contributed by atoms with Crippen LogP contribution in [-0.4, -0.2) is 40.4 Å². The first-order chi connectivity index (χ1) is 15.2. The van der Waals surface area contributed by atoms with E-state index in [1.165, 1.54) is 19.3 Å². The Morgan fingerprint density at radius 1 is 1.19 bits per heavy atom. The molecule has 0 saturated heterocycles. The zero-order valence-electron chi connectivity index (χ0n) is 18.3. The summed E-state index contributed by atoms with van der Waals surface area (Å²) in [6.07, 6.45) is 9.42. The third-order valence-corrected chi connectivity index (χ3v) is 6.00. The molecule has 1 atom stereocenters. The van der Waals surface area contributed by atoms with Crippen LogP contribution < -0.4 is 10.6 Å². The van der Waals surface area contributed by atoms with Crippen molar-refractivity contribution in [2.24, 2.45) is 0 Å². The number of rotatable bonds is 8. The van der Waals surface area contributed by atoms with Crippen molar-refractivity contribution in [3.63, 3.8) is 0 Å². The van der Waals surface area contributed by atoms with Crippen LogP contribution in [0.25, 0.3) is 11.0 Å². The van der Waals surface area contributed by atoms with E-state index in [0.717, 1.165) is 41.7 Å². The number of fused-ring (bicyclic) bond motifs is 1. The third-order valence-electron chi connectivity index (χ3n) is 6.00. The standard InChI is InChI=1S/C24H31N5O2/c1-3-29-23-19(15-26-29)22(27-18-12-8-5-9-13-18)20(14-25-23)24(30)28-21(16-31-2)17-10-6-4-7-11-17/h4,6-7,10-11,14-15,18,21H,3,5,8-9,12-13,16H2,1-2H3,(H,25,27)(H,28,30)/t21-/m0/s1. The van der Waals surface area contributed by atoms with E-state index in [4.69, 9.17) is 4.74 Å². The monoisotopic (exact) mass is 421 g/mol. The van der Waals surface area contributed by atoms with Crippen molar-refractivity contribution in [2.75, 3.05) is 19.0 Å². The van der Waals surface area contributed by atoms with Gasteiger partial charge < -0.3 is 15.4 Å². The number of amides is 1. The molecule has 4 rings (SSSR count). The quantitative estimate of drug-likeness (QED) is 0.566. The van der Waals surface area contributed by atoms with Crippen LogP contribution in [0, 0.1) is 0 Å². The summed E-state index contributed by atoms with van der Waals surface area (Å²) >= 11 is 0. The molecule has 31 heavy (non-hydrogen) atoms. The largest absolute Gasteiger partial charge is 0.382 e. The fourth-order valence-corrected chi connectivity index (χ4v) is 4.35. The first kappa shape index (κ1) is 21.3. The summed E-state index contributed by atoms with van der Waals surface area (Å²) in [5.74, 6) is -0.164. The maximum atomic E-state index is 13.4. The first-order valence-corrected chi connectivity index (χ1v) is 11.2. The van der Waals surface area contributed by atoms with Crippen molar-refractivity contribution >= 4 is 22.6 Å². The van der Waals surface area contributed by atoms with Gasteiger partial charge in [-0.05, 0) is 25.3 Å². The van der Waals surface area contributed by atoms with E-state index in [-0.39, 0.29) is 11.9 Å². The zero-order valence-corrected chi connectivity index (χ0v) is 18.3. The second-order valence-corrected chi connectivity index (χ2v) is 8.12. The molecule has 2 N–H and O–H groups in total. The molecule has 7 heteroatoms. The number of carbonyl (C=O) groups excluding carboxylic acids is 1. The maximum absolute atomic E-state index is 13.4. The van der Waals surface area contributed by atoms with E-state index in [1.807, 2.05) is 48.1 Å². The number of hydrogen-bond donors (Lipinski definition) is 2. The summed E-state index contributed by atoms with van der Waals surface area (Å²) in [5.41, 5.74) is 3.19. The van der Waals surface area contributed by atoms with Gasteiger partial charge in [0.1, 0.15) is 0 Å². The predicted octanol–water partition coefficient (Wildman–Crippen LogP) is 4.31. The van der Waals surface area contributed by atoms with Gasteiger partial charge in [0.25, 0.3) is 5.91 Å². The Labute approximate surface area is 183 Å². The van der Waals surface area contributed by atoms with Crippen molar-refractivity contribution in [1.82, 2.24) is 20.1 Å². The minimum atomic E-state index is -0.240. The molecule has 1 aromatic carbocycles. The number of aromatic nitrogens is 3. The van der Waals surface area contributed by atoms with E-state index < -0.39 is 0 Å². The smallest absolute Gasteiger partial charge is 0.255 e. The molecule has 0 aliphatic heterocycles. The van der Waals surface area contributed by atoms with Gasteiger partial charge in [0.15, 0.2) is 5.65 Å². The molecule has 1 aliphatic rings. The normalized spacial score (nSPS) is 15.7. The maximum Gasteiger partial charge on any atom is 0.255 e. The molecule has 3 aromatic rings. The van der Waals surface area contributed by atoms with Crippen LogP contribution in [0.5, 0.6) is 0 Å². The number of methoxy groups -OCH3 is 1. The number of aryl methyl sites for hydroxylation is 1. The molecule has 0 unspecified atom stereocenters. The number of hydrogen-bond acceptors (Lipinski definition) is 5. The Balaban J connectivity index is 1.67. The lowest BCUT2D eigenvalue weighted by molar-refractivity contribution is 0.0897. The molecule has 0 radical (unpaired) electrons. The Bertz CT molecular complexity index is 1010. The highest BCUT2D eigenvalue weighted by Crippen LogP contribution is 2.30. The highest BCUT2D eigenvalue weighted by Gasteiger charge is 2.24. The topological polar surface area (TPSA) is 81.1 Å². The van der Waals surface area contributed by atoms with Gasteiger partial charge in [-0.15, -0.1) is 0 Å². The lowest BCUT2D eigenvalue weighted by atomic mass is 9.95. The van der Waals surface area contributed by atoms with Gasteiger partial charge in [0.05, 0.1) is 35.5 Å². The van der Waals surface area contributed by atoms with Crippen LogP contribution in [0.15, 0.2) is 42.7 Å². The van der Waals surface area contributed by atoms with Crippen LogP contribution in [0.1, 0.15) is 61.0 Å². The average molecular weight is 422 g/mol. The SMILES string of the molecule is CCn1ncc2c(NC3CCCCC3)c(C(=O)N[C@@H](COC)c3ccccc3)cnc21. The van der Waals surface area contributed by atoms with Gasteiger partial charge in [-0.3, -0.25) is 4.79 Å². The first-order valence-electron chi connectivity index (χ1n) is 11.2. The van der Waals surface area contributed by atoms with Crippen molar-refractivity contribution in [3.05, 3.63) is 53.9 Å². The van der Waals surface area contributed by atoms with Crippen molar-refractivity contribution in [3.8, 4) is 0 Å². The Kier molecular flexibility index (Phi) is 6.82. The third kappa shape index (κ3) is 4.71. The van der Waals surface area contributed by atoms with Gasteiger partial charge in [-0.1, -0.05) is 49.6 Å². The van der Waals surface area contributed by atoms with Crippen molar-refractivity contribution < 1.29 is 9.53 Å². The van der Waals surface area contributed by atoms with Gasteiger partial charge in [-0.25, -0.2) is 9.67 Å². The molecular formula is C24H31N5O2. The molecule has 0 bridgehead atoms. The summed E-state index contributed by atoms with van der Waals surface area (Å²) in [4.78, 5) is 18.0. The Morgan fingerprint density at radius 2 is 1.97 bits per heavy atom. The van der Waals surface area contributed by atoms with Crippen LogP contribution in [-0.2, 0) is 11.3 Å². The van der Waals surface area contributed by atoms with Crippen LogP contribution in [0.4, 0.5) is 5.69 Å². The number of anilines is 1. The minimum Gasteiger partial charge on any atom is -0.382 e. The van der Waals surface area contributed by atoms with Gasteiger partial charge in [0, 0.05) is 25.9 Å². The van der Waals surface area contributed by atoms with Gasteiger partial charge in [0.2, 0.25) is 0 Å². The number of carbonyl (C=O) groups is 1. The molecular weight excluding hydrogens is 390 g/mol. The fourth-order valence-electron chi connectivity index (χ4n) is 4.35. The number of ether oxygens (including phenoxy) is 1. The second kappa shape index (κ2) is 9.92. The number of nitrogens with one attached hydrogen (secondary N) is 2. The van der Waals surface area contributed by atoms with Crippen LogP contribution in [0.2, 0.25) is 0 Å². The number of benzene rings is 1. The summed E-state index contributed by atoms with van der Waals surface area (Å²) < 4.78 is 7.24. The van der Waals surface area contributed by atoms with Crippen molar-refractivity contribution in [2.45, 2.75) is 57.7 Å². The number of pyridine rings is 1. The second-order valence-electron chi connectivity index (χ2n) is 8.12. The number of nitrogens with zero attached hydrogens (tertiary/aromatic N) is 3. The summed E-state index contributed by atoms with van der Waals surface area (Å²) in [7, 11) is 1.64. The lowest BCUT2D eigenvalue weighted by Gasteiger charge is -2.26. The highest BCUT2D eigenvalue weighted by molar-refractivity contribution is 6.06. The summed E-state index contributed by atoms with van der Waals surface area (Å²) in [6, 6.07) is 10.0. The van der Waals surface area contributed by atoms with Crippen LogP contribution >= 0.6 is 0 Å². The van der Waals surface area contributed by atoms with E-state index >= 15 is 0 Å². The molecule has 1 aliphatic carbocycles. The molecule has 1 amide bonds. The molecule has 0 spiro atoms. The lowest BCUT2D eigenvalue weighted by Crippen LogP contribution is -2.32. The summed E-state index contributed by atoms with van der Waals surface area (Å²) in [5, 5.41) is 12.2. The van der Waals surface area contributed by atoms with Crippen LogP contribution in [0.3, 0.4) is 0 Å². The molecule has 164 valence electrons. The zero-order chi connectivity index (χ0) is 21.6. The fraction of sp³-hybridized carbons (Fsp3) is 0.458. The van der Waals surface area contributed by atoms with Crippen molar-refractivity contribution in [1.29, 1.82) is 0 Å². The molecule has 1 saturated carbocycles. The molecule has 2 heterocycles. The molecule has 2 aromatic heterocycles. The minimum absolute atomic E-state index is 0.164. The molecule has 7 nitrogen and oxygen atoms in total. The van der Waals surface area contributed by atoms with Gasteiger partial charge in [-0.2, -0.15) is 5.10 Å². The molecule has 1 fully saturated rings. The van der Waals surface area contributed by atoms with E-state index in [0.29, 0.717) is 18.2 Å². The average Bonchev–Trinajstić information content (AvgIpc) is 3.24. The predicted molar refractivity (Wildman–Crippen MR) is 122 cm³/mol. The van der Waals surface area contributed by atoms with E-state index in [1.54, 1.807) is 13.3 Å². The van der Waals surface area contributed by atoms with E-state index in [9.17, 15) is 4.79 Å². The highest BCUT2D eigenvalue weighted by atomic mass is 16.5. The Morgan fingerprint density at radius 3 is 2.68 bits per heavy atom. The van der Waals surface area contributed by atoms with E-state index in [2.05, 4.69) is 20.7 Å². The van der Waals surface area contributed by atoms with Gasteiger partial charge >= 0.3 is 0 Å².